The third-order valence-electron chi connectivity index (χ3n) is 5.65. The predicted octanol–water partition coefficient (Wildman–Crippen LogP) is 8.39. The molecule has 0 N–H and O–H groups in total. The van der Waals surface area contributed by atoms with Crippen LogP contribution >= 0.6 is 34.8 Å². The Morgan fingerprint density at radius 3 is 1.95 bits per heavy atom. The molecular weight excluding hydrogens is 548 g/mol. The van der Waals surface area contributed by atoms with Crippen molar-refractivity contribution in [2.75, 3.05) is 7.05 Å². The Kier molecular flexibility index (Phi) is 9.51. The number of likely N-dealkylation sites (N-methyl/N-ethyl adjacent to an activating group) is 1. The smallest absolute Gasteiger partial charge is 0.416 e. The summed E-state index contributed by atoms with van der Waals surface area (Å²) in [6.07, 6.45) is -4.79. The number of hydrogen-bond donors (Lipinski definition) is 0. The third kappa shape index (κ3) is 6.98. The summed E-state index contributed by atoms with van der Waals surface area (Å²) in [6.45, 7) is 3.55. The predicted molar refractivity (Wildman–Crippen MR) is 142 cm³/mol. The summed E-state index contributed by atoms with van der Waals surface area (Å²) < 4.78 is 46.0. The largest absolute Gasteiger partial charge is 0.490 e. The molecule has 0 radical (unpaired) electrons. The van der Waals surface area contributed by atoms with Gasteiger partial charge in [0.1, 0.15) is 17.6 Å². The average molecular weight is 572 g/mol. The minimum absolute atomic E-state index is 0.141. The van der Waals surface area contributed by atoms with Gasteiger partial charge in [-0.05, 0) is 79.0 Å². The first-order valence-electron chi connectivity index (χ1n) is 11.2. The van der Waals surface area contributed by atoms with E-state index in [1.807, 2.05) is 48.3 Å². The quantitative estimate of drug-likeness (QED) is 0.228. The summed E-state index contributed by atoms with van der Waals surface area (Å²) in [5.41, 5.74) is 1.64. The number of nitrogens with zero attached hydrogens (tertiary/aromatic N) is 2. The third-order valence-corrected chi connectivity index (χ3v) is 6.15. The van der Waals surface area contributed by atoms with E-state index >= 15 is 0 Å². The molecule has 0 amide bonds. The Hall–Kier alpha value is -2.74. The Labute approximate surface area is 228 Å². The Balaban J connectivity index is 0.00000121. The highest BCUT2D eigenvalue weighted by Crippen LogP contribution is 2.44. The SMILES string of the molecule is CC(C)Oc1cc(C(F)(F)F)ccc1C1=NC(c2ccc(Cl)cc2)C(c2ccc(Cl)cc2)N1C.O=CCl. The molecule has 10 heteroatoms. The second-order valence-electron chi connectivity index (χ2n) is 8.52. The van der Waals surface area contributed by atoms with Gasteiger partial charge in [0.05, 0.1) is 23.3 Å². The van der Waals surface area contributed by atoms with E-state index < -0.39 is 11.7 Å². The molecule has 0 fully saturated rings. The van der Waals surface area contributed by atoms with E-state index in [0.717, 1.165) is 23.3 Å². The number of alkyl halides is 3. The van der Waals surface area contributed by atoms with Crippen LogP contribution in [0.3, 0.4) is 0 Å². The molecule has 0 bridgehead atoms. The normalized spacial score (nSPS) is 17.2. The maximum Gasteiger partial charge on any atom is 0.416 e. The summed E-state index contributed by atoms with van der Waals surface area (Å²) in [4.78, 5) is 15.5. The molecule has 0 spiro atoms. The molecule has 0 saturated carbocycles. The standard InChI is InChI=1S/C26H23Cl2F3N2O.CHClO/c1-15(2)34-22-14-18(26(29,30)31)8-13-21(22)25-32-23(16-4-9-19(27)10-5-16)24(33(25)3)17-6-11-20(28)12-7-17;2-1-3/h4-15,23-24H,1-3H3;1H. The van der Waals surface area contributed by atoms with Gasteiger partial charge in [-0.15, -0.1) is 0 Å². The van der Waals surface area contributed by atoms with Gasteiger partial charge in [-0.1, -0.05) is 47.5 Å². The molecule has 0 aliphatic carbocycles. The zero-order valence-electron chi connectivity index (χ0n) is 20.1. The Bertz CT molecular complexity index is 1250. The second kappa shape index (κ2) is 12.2. The van der Waals surface area contributed by atoms with Gasteiger partial charge in [0, 0.05) is 17.1 Å². The van der Waals surface area contributed by atoms with Crippen molar-refractivity contribution in [2.45, 2.75) is 38.2 Å². The van der Waals surface area contributed by atoms with Gasteiger partial charge in [0.15, 0.2) is 0 Å². The van der Waals surface area contributed by atoms with Crippen LogP contribution in [0.25, 0.3) is 0 Å². The van der Waals surface area contributed by atoms with Gasteiger partial charge < -0.3 is 9.64 Å². The lowest BCUT2D eigenvalue weighted by atomic mass is 9.94. The number of halogens is 6. The molecule has 0 saturated heterocycles. The lowest BCUT2D eigenvalue weighted by Gasteiger charge is -2.28. The van der Waals surface area contributed by atoms with Crippen molar-refractivity contribution < 1.29 is 22.7 Å². The fourth-order valence-electron chi connectivity index (χ4n) is 4.11. The summed E-state index contributed by atoms with van der Waals surface area (Å²) in [7, 11) is 1.88. The van der Waals surface area contributed by atoms with Crippen molar-refractivity contribution in [3.05, 3.63) is 99.0 Å². The average Bonchev–Trinajstić information content (AvgIpc) is 3.16. The van der Waals surface area contributed by atoms with Crippen molar-refractivity contribution in [1.82, 2.24) is 4.90 Å². The van der Waals surface area contributed by atoms with Crippen LogP contribution in [0.2, 0.25) is 10.0 Å². The molecule has 0 aromatic heterocycles. The first-order valence-corrected chi connectivity index (χ1v) is 12.4. The van der Waals surface area contributed by atoms with E-state index in [9.17, 15) is 13.2 Å². The van der Waals surface area contributed by atoms with Crippen molar-refractivity contribution >= 4 is 46.4 Å². The summed E-state index contributed by atoms with van der Waals surface area (Å²) in [5.74, 6) is 0.909. The Morgan fingerprint density at radius 2 is 1.46 bits per heavy atom. The van der Waals surface area contributed by atoms with Crippen LogP contribution in [0, 0.1) is 0 Å². The van der Waals surface area contributed by atoms with Crippen LogP contribution in [0.1, 0.15) is 48.2 Å². The number of carbonyl (C=O) groups is 1. The first-order chi connectivity index (χ1) is 17.5. The molecule has 2 atom stereocenters. The molecule has 37 heavy (non-hydrogen) atoms. The molecule has 4 rings (SSSR count). The zero-order valence-corrected chi connectivity index (χ0v) is 22.4. The molecule has 3 aromatic carbocycles. The number of hydrogen-bond acceptors (Lipinski definition) is 4. The van der Waals surface area contributed by atoms with E-state index in [-0.39, 0.29) is 29.7 Å². The van der Waals surface area contributed by atoms with E-state index in [4.69, 9.17) is 37.7 Å². The number of benzene rings is 3. The molecule has 1 heterocycles. The Morgan fingerprint density at radius 1 is 0.946 bits per heavy atom. The van der Waals surface area contributed by atoms with Crippen LogP contribution in [0.15, 0.2) is 71.7 Å². The minimum atomic E-state index is -4.48. The maximum absolute atomic E-state index is 13.4. The zero-order chi connectivity index (χ0) is 27.3. The summed E-state index contributed by atoms with van der Waals surface area (Å²) in [5, 5.41) is 1.22. The van der Waals surface area contributed by atoms with Gasteiger partial charge in [-0.3, -0.25) is 9.79 Å². The fraction of sp³-hybridized carbons (Fsp3) is 0.259. The molecule has 196 valence electrons. The van der Waals surface area contributed by atoms with Crippen molar-refractivity contribution in [1.29, 1.82) is 0 Å². The number of aliphatic imine (C=N–C) groups is 1. The van der Waals surface area contributed by atoms with Gasteiger partial charge >= 0.3 is 6.18 Å². The van der Waals surface area contributed by atoms with E-state index in [1.165, 1.54) is 6.07 Å². The van der Waals surface area contributed by atoms with Crippen LogP contribution in [0.4, 0.5) is 13.2 Å². The van der Waals surface area contributed by atoms with Gasteiger partial charge in [0.25, 0.3) is 0 Å². The van der Waals surface area contributed by atoms with Crippen LogP contribution in [0.5, 0.6) is 5.75 Å². The second-order valence-corrected chi connectivity index (χ2v) is 9.57. The topological polar surface area (TPSA) is 41.9 Å². The van der Waals surface area contributed by atoms with Crippen molar-refractivity contribution in [2.24, 2.45) is 4.99 Å². The maximum atomic E-state index is 13.4. The minimum Gasteiger partial charge on any atom is -0.490 e. The van der Waals surface area contributed by atoms with Crippen LogP contribution < -0.4 is 4.74 Å². The highest BCUT2D eigenvalue weighted by Gasteiger charge is 2.38. The van der Waals surface area contributed by atoms with E-state index in [0.29, 0.717) is 21.4 Å². The number of rotatable bonds is 5. The molecule has 1 aliphatic rings. The van der Waals surface area contributed by atoms with Crippen molar-refractivity contribution in [3.8, 4) is 5.75 Å². The highest BCUT2D eigenvalue weighted by atomic mass is 35.5. The number of amidine groups is 1. The first kappa shape index (κ1) is 28.8. The lowest BCUT2D eigenvalue weighted by Crippen LogP contribution is -2.29. The number of carbonyl (C=O) groups excluding carboxylic acids is 1. The monoisotopic (exact) mass is 570 g/mol. The summed E-state index contributed by atoms with van der Waals surface area (Å²) >= 11 is 16.5. The highest BCUT2D eigenvalue weighted by molar-refractivity contribution is 6.54. The van der Waals surface area contributed by atoms with Crippen molar-refractivity contribution in [3.63, 3.8) is 0 Å². The fourth-order valence-corrected chi connectivity index (χ4v) is 4.37. The van der Waals surface area contributed by atoms with Gasteiger partial charge in [0.2, 0.25) is 5.75 Å². The molecule has 1 aliphatic heterocycles. The molecule has 4 nitrogen and oxygen atoms in total. The van der Waals surface area contributed by atoms with E-state index in [2.05, 4.69) is 11.6 Å². The van der Waals surface area contributed by atoms with Gasteiger partial charge in [-0.25, -0.2) is 0 Å². The molecular formula is C27H24Cl3F3N2O2. The summed E-state index contributed by atoms with van der Waals surface area (Å²) in [6, 6.07) is 17.9. The van der Waals surface area contributed by atoms with E-state index in [1.54, 1.807) is 26.0 Å². The molecule has 2 unspecified atom stereocenters. The van der Waals surface area contributed by atoms with Crippen LogP contribution in [-0.2, 0) is 11.0 Å². The van der Waals surface area contributed by atoms with Crippen LogP contribution in [-0.4, -0.2) is 29.6 Å². The molecule has 3 aromatic rings. The lowest BCUT2D eigenvalue weighted by molar-refractivity contribution is -0.137. The van der Waals surface area contributed by atoms with Gasteiger partial charge in [-0.2, -0.15) is 13.2 Å². The number of ether oxygens (including phenoxy) is 1.